The van der Waals surface area contributed by atoms with E-state index in [1.54, 1.807) is 19.2 Å². The molecule has 4 nitrogen and oxygen atoms in total. The highest BCUT2D eigenvalue weighted by Crippen LogP contribution is 2.10. The number of benzene rings is 1. The Hall–Kier alpha value is -2.17. The van der Waals surface area contributed by atoms with Crippen molar-refractivity contribution in [1.82, 2.24) is 15.5 Å². The van der Waals surface area contributed by atoms with Crippen LogP contribution in [-0.2, 0) is 6.54 Å². The van der Waals surface area contributed by atoms with Crippen molar-refractivity contribution in [3.05, 3.63) is 52.6 Å². The maximum atomic E-state index is 13.6. The van der Waals surface area contributed by atoms with E-state index in [9.17, 15) is 9.18 Å². The molecular formula is C13H14FN3O. The SMILES string of the molecule is Cc1ccc(C(=O)NCc2cn[nH]c2C)c(F)c1. The molecule has 0 unspecified atom stereocenters. The van der Waals surface area contributed by atoms with E-state index in [0.29, 0.717) is 6.54 Å². The van der Waals surface area contributed by atoms with E-state index in [0.717, 1.165) is 16.8 Å². The number of aromatic amines is 1. The molecule has 0 saturated heterocycles. The van der Waals surface area contributed by atoms with Crippen molar-refractivity contribution in [2.45, 2.75) is 20.4 Å². The average molecular weight is 247 g/mol. The topological polar surface area (TPSA) is 57.8 Å². The zero-order chi connectivity index (χ0) is 13.1. The van der Waals surface area contributed by atoms with Crippen molar-refractivity contribution in [2.75, 3.05) is 0 Å². The summed E-state index contributed by atoms with van der Waals surface area (Å²) in [6, 6.07) is 4.54. The highest BCUT2D eigenvalue weighted by Gasteiger charge is 2.11. The standard InChI is InChI=1S/C13H14FN3O/c1-8-3-4-11(12(14)5-8)13(18)15-6-10-7-16-17-9(10)2/h3-5,7H,6H2,1-2H3,(H,15,18)(H,16,17). The van der Waals surface area contributed by atoms with Crippen molar-refractivity contribution < 1.29 is 9.18 Å². The molecule has 1 aromatic heterocycles. The maximum absolute atomic E-state index is 13.6. The number of amides is 1. The smallest absolute Gasteiger partial charge is 0.254 e. The van der Waals surface area contributed by atoms with Gasteiger partial charge in [-0.15, -0.1) is 0 Å². The Balaban J connectivity index is 2.06. The second kappa shape index (κ2) is 5.00. The quantitative estimate of drug-likeness (QED) is 0.872. The molecule has 0 aliphatic rings. The number of aromatic nitrogens is 2. The molecule has 0 aliphatic carbocycles. The molecule has 94 valence electrons. The number of nitrogens with zero attached hydrogens (tertiary/aromatic N) is 1. The highest BCUT2D eigenvalue weighted by atomic mass is 19.1. The summed E-state index contributed by atoms with van der Waals surface area (Å²) in [5.41, 5.74) is 2.62. The van der Waals surface area contributed by atoms with Crippen LogP contribution in [0.2, 0.25) is 0 Å². The summed E-state index contributed by atoms with van der Waals surface area (Å²) in [6.07, 6.45) is 1.64. The fourth-order valence-electron chi connectivity index (χ4n) is 1.63. The monoisotopic (exact) mass is 247 g/mol. The van der Waals surface area contributed by atoms with Crippen molar-refractivity contribution in [3.63, 3.8) is 0 Å². The summed E-state index contributed by atoms with van der Waals surface area (Å²) in [7, 11) is 0. The lowest BCUT2D eigenvalue weighted by Gasteiger charge is -2.06. The number of hydrogen-bond donors (Lipinski definition) is 2. The molecule has 0 radical (unpaired) electrons. The van der Waals surface area contributed by atoms with E-state index in [1.807, 2.05) is 6.92 Å². The second-order valence-electron chi connectivity index (χ2n) is 4.19. The van der Waals surface area contributed by atoms with Gasteiger partial charge in [0.05, 0.1) is 11.8 Å². The normalized spacial score (nSPS) is 10.4. The van der Waals surface area contributed by atoms with Crippen LogP contribution >= 0.6 is 0 Å². The van der Waals surface area contributed by atoms with Gasteiger partial charge in [0.1, 0.15) is 5.82 Å². The van der Waals surface area contributed by atoms with Gasteiger partial charge in [-0.25, -0.2) is 4.39 Å². The Morgan fingerprint density at radius 1 is 1.44 bits per heavy atom. The Labute approximate surface area is 104 Å². The molecule has 1 aromatic carbocycles. The first kappa shape index (κ1) is 12.3. The van der Waals surface area contributed by atoms with E-state index < -0.39 is 11.7 Å². The van der Waals surface area contributed by atoms with Gasteiger partial charge in [0, 0.05) is 17.8 Å². The lowest BCUT2D eigenvalue weighted by Crippen LogP contribution is -2.24. The number of nitrogens with one attached hydrogen (secondary N) is 2. The van der Waals surface area contributed by atoms with E-state index in [-0.39, 0.29) is 5.56 Å². The Kier molecular flexibility index (Phi) is 3.41. The molecule has 2 rings (SSSR count). The minimum Gasteiger partial charge on any atom is -0.348 e. The first-order valence-corrected chi connectivity index (χ1v) is 5.61. The van der Waals surface area contributed by atoms with E-state index in [4.69, 9.17) is 0 Å². The van der Waals surface area contributed by atoms with Crippen LogP contribution in [0.5, 0.6) is 0 Å². The Bertz CT molecular complexity index is 577. The number of hydrogen-bond acceptors (Lipinski definition) is 2. The number of halogens is 1. The maximum Gasteiger partial charge on any atom is 0.254 e. The highest BCUT2D eigenvalue weighted by molar-refractivity contribution is 5.94. The molecule has 2 aromatic rings. The molecule has 1 heterocycles. The molecule has 0 atom stereocenters. The lowest BCUT2D eigenvalue weighted by atomic mass is 10.1. The van der Waals surface area contributed by atoms with Gasteiger partial charge in [0.2, 0.25) is 0 Å². The molecule has 0 spiro atoms. The van der Waals surface area contributed by atoms with Crippen LogP contribution in [0.15, 0.2) is 24.4 Å². The zero-order valence-electron chi connectivity index (χ0n) is 10.2. The number of carbonyl (C=O) groups is 1. The summed E-state index contributed by atoms with van der Waals surface area (Å²) in [6.45, 7) is 3.97. The summed E-state index contributed by atoms with van der Waals surface area (Å²) < 4.78 is 13.6. The molecule has 0 fully saturated rings. The molecule has 5 heteroatoms. The predicted molar refractivity (Wildman–Crippen MR) is 65.6 cm³/mol. The predicted octanol–water partition coefficient (Wildman–Crippen LogP) is 2.10. The summed E-state index contributed by atoms with van der Waals surface area (Å²) in [4.78, 5) is 11.8. The molecule has 0 aliphatic heterocycles. The zero-order valence-corrected chi connectivity index (χ0v) is 10.2. The van der Waals surface area contributed by atoms with Crippen LogP contribution in [0.3, 0.4) is 0 Å². The van der Waals surface area contributed by atoms with Crippen LogP contribution < -0.4 is 5.32 Å². The van der Waals surface area contributed by atoms with E-state index in [2.05, 4.69) is 15.5 Å². The summed E-state index contributed by atoms with van der Waals surface area (Å²) >= 11 is 0. The van der Waals surface area contributed by atoms with Crippen molar-refractivity contribution >= 4 is 5.91 Å². The van der Waals surface area contributed by atoms with E-state index in [1.165, 1.54) is 12.1 Å². The van der Waals surface area contributed by atoms with Crippen LogP contribution in [0, 0.1) is 19.7 Å². The number of rotatable bonds is 3. The summed E-state index contributed by atoms with van der Waals surface area (Å²) in [5.74, 6) is -0.926. The Morgan fingerprint density at radius 2 is 2.22 bits per heavy atom. The molecule has 0 saturated carbocycles. The lowest BCUT2D eigenvalue weighted by molar-refractivity contribution is 0.0947. The first-order valence-electron chi connectivity index (χ1n) is 5.61. The average Bonchev–Trinajstić information content (AvgIpc) is 2.72. The third-order valence-corrected chi connectivity index (χ3v) is 2.74. The van der Waals surface area contributed by atoms with Crippen LogP contribution in [0.25, 0.3) is 0 Å². The van der Waals surface area contributed by atoms with Gasteiger partial charge in [-0.1, -0.05) is 6.07 Å². The first-order chi connectivity index (χ1) is 8.58. The molecular weight excluding hydrogens is 233 g/mol. The summed E-state index contributed by atoms with van der Waals surface area (Å²) in [5, 5.41) is 9.29. The Morgan fingerprint density at radius 3 is 2.83 bits per heavy atom. The molecule has 18 heavy (non-hydrogen) atoms. The third kappa shape index (κ3) is 2.56. The van der Waals surface area contributed by atoms with Crippen molar-refractivity contribution in [2.24, 2.45) is 0 Å². The number of aryl methyl sites for hydroxylation is 2. The fraction of sp³-hybridized carbons (Fsp3) is 0.231. The minimum absolute atomic E-state index is 0.0572. The fourth-order valence-corrected chi connectivity index (χ4v) is 1.63. The van der Waals surface area contributed by atoms with Gasteiger partial charge in [-0.05, 0) is 31.5 Å². The van der Waals surface area contributed by atoms with Gasteiger partial charge in [-0.2, -0.15) is 5.10 Å². The minimum atomic E-state index is -0.503. The van der Waals surface area contributed by atoms with Crippen molar-refractivity contribution in [3.8, 4) is 0 Å². The van der Waals surface area contributed by atoms with E-state index >= 15 is 0 Å². The van der Waals surface area contributed by atoms with Gasteiger partial charge >= 0.3 is 0 Å². The van der Waals surface area contributed by atoms with Crippen molar-refractivity contribution in [1.29, 1.82) is 0 Å². The van der Waals surface area contributed by atoms with Crippen LogP contribution in [-0.4, -0.2) is 16.1 Å². The van der Waals surface area contributed by atoms with Gasteiger partial charge in [-0.3, -0.25) is 9.89 Å². The molecule has 1 amide bonds. The largest absolute Gasteiger partial charge is 0.348 e. The molecule has 0 bridgehead atoms. The second-order valence-corrected chi connectivity index (χ2v) is 4.19. The van der Waals surface area contributed by atoms with Crippen LogP contribution in [0.4, 0.5) is 4.39 Å². The van der Waals surface area contributed by atoms with Gasteiger partial charge in [0.25, 0.3) is 5.91 Å². The van der Waals surface area contributed by atoms with Gasteiger partial charge < -0.3 is 5.32 Å². The van der Waals surface area contributed by atoms with Gasteiger partial charge in [0.15, 0.2) is 0 Å². The number of carbonyl (C=O) groups excluding carboxylic acids is 1. The number of H-pyrrole nitrogens is 1. The third-order valence-electron chi connectivity index (χ3n) is 2.74. The molecule has 2 N–H and O–H groups in total. The van der Waals surface area contributed by atoms with Crippen LogP contribution in [0.1, 0.15) is 27.2 Å².